The number of aryl methyl sites for hydroxylation is 1. The number of hydrogen-bond donors (Lipinski definition) is 0. The van der Waals surface area contributed by atoms with Crippen molar-refractivity contribution in [3.8, 4) is 5.75 Å². The van der Waals surface area contributed by atoms with Gasteiger partial charge in [0.1, 0.15) is 22.8 Å². The summed E-state index contributed by atoms with van der Waals surface area (Å²) in [6.07, 6.45) is 0. The van der Waals surface area contributed by atoms with Gasteiger partial charge in [0.15, 0.2) is 0 Å². The maximum atomic E-state index is 5.28. The summed E-state index contributed by atoms with van der Waals surface area (Å²) in [7, 11) is 1.68. The number of aromatic nitrogens is 3. The Hall–Kier alpha value is -2.66. The van der Waals surface area contributed by atoms with Crippen LogP contribution in [0.5, 0.6) is 5.75 Å². The van der Waals surface area contributed by atoms with Gasteiger partial charge in [-0.25, -0.2) is 0 Å². The maximum absolute atomic E-state index is 5.28. The predicted octanol–water partition coefficient (Wildman–Crippen LogP) is 4.45. The molecule has 0 spiro atoms. The van der Waals surface area contributed by atoms with Gasteiger partial charge in [0.2, 0.25) is 0 Å². The molecule has 4 aromatic rings. The fourth-order valence-electron chi connectivity index (χ4n) is 2.79. The summed E-state index contributed by atoms with van der Waals surface area (Å²) in [6, 6.07) is 20.3. The quantitative estimate of drug-likeness (QED) is 0.553. The number of ether oxygens (including phenoxy) is 1. The fourth-order valence-corrected chi connectivity index (χ4v) is 3.78. The molecule has 0 aliphatic carbocycles. The molecule has 24 heavy (non-hydrogen) atoms. The number of rotatable bonds is 4. The molecule has 0 bridgehead atoms. The molecule has 0 aliphatic heterocycles. The van der Waals surface area contributed by atoms with Crippen LogP contribution in [-0.2, 0) is 0 Å². The van der Waals surface area contributed by atoms with E-state index in [1.54, 1.807) is 18.4 Å². The molecule has 1 unspecified atom stereocenters. The lowest BCUT2D eigenvalue weighted by Crippen LogP contribution is -2.14. The number of benzene rings is 2. The molecule has 0 saturated carbocycles. The first-order valence-electron chi connectivity index (χ1n) is 7.76. The molecule has 120 valence electrons. The predicted molar refractivity (Wildman–Crippen MR) is 96.8 cm³/mol. The normalized spacial score (nSPS) is 12.4. The molecule has 0 fully saturated rings. The van der Waals surface area contributed by atoms with Crippen molar-refractivity contribution in [3.05, 3.63) is 76.0 Å². The highest BCUT2D eigenvalue weighted by molar-refractivity contribution is 7.12. The molecule has 2 aromatic heterocycles. The first-order valence-corrected chi connectivity index (χ1v) is 8.58. The highest BCUT2D eigenvalue weighted by atomic mass is 32.1. The van der Waals surface area contributed by atoms with Gasteiger partial charge >= 0.3 is 0 Å². The first-order chi connectivity index (χ1) is 11.7. The lowest BCUT2D eigenvalue weighted by Gasteiger charge is -2.15. The molecule has 0 radical (unpaired) electrons. The van der Waals surface area contributed by atoms with Crippen LogP contribution in [0.2, 0.25) is 0 Å². The zero-order valence-corrected chi connectivity index (χ0v) is 14.3. The minimum Gasteiger partial charge on any atom is -0.497 e. The fraction of sp³-hybridized carbons (Fsp3) is 0.158. The maximum Gasteiger partial charge on any atom is 0.131 e. The van der Waals surface area contributed by atoms with E-state index in [4.69, 9.17) is 14.9 Å². The van der Waals surface area contributed by atoms with Crippen LogP contribution in [0, 0.1) is 6.92 Å². The van der Waals surface area contributed by atoms with Crippen LogP contribution in [0.25, 0.3) is 11.0 Å². The van der Waals surface area contributed by atoms with Gasteiger partial charge in [-0.05, 0) is 48.9 Å². The summed E-state index contributed by atoms with van der Waals surface area (Å²) < 4.78 is 5.28. The van der Waals surface area contributed by atoms with Crippen molar-refractivity contribution in [1.29, 1.82) is 0 Å². The summed E-state index contributed by atoms with van der Waals surface area (Å²) in [5.74, 6) is 0.846. The lowest BCUT2D eigenvalue weighted by atomic mass is 10.1. The van der Waals surface area contributed by atoms with Crippen LogP contribution in [-0.4, -0.2) is 22.1 Å². The Kier molecular flexibility index (Phi) is 3.78. The minimum absolute atomic E-state index is 0.0398. The van der Waals surface area contributed by atoms with E-state index in [1.807, 2.05) is 41.2 Å². The van der Waals surface area contributed by atoms with Crippen LogP contribution in [0.15, 0.2) is 60.7 Å². The molecule has 1 atom stereocenters. The summed E-state index contributed by atoms with van der Waals surface area (Å²) in [4.78, 5) is 4.32. The third-order valence-corrected chi connectivity index (χ3v) is 5.05. The van der Waals surface area contributed by atoms with Crippen molar-refractivity contribution in [2.24, 2.45) is 0 Å². The molecule has 0 aliphatic rings. The Morgan fingerprint density at radius 1 is 0.917 bits per heavy atom. The zero-order chi connectivity index (χ0) is 16.5. The average Bonchev–Trinajstić information content (AvgIpc) is 3.22. The van der Waals surface area contributed by atoms with E-state index < -0.39 is 0 Å². The van der Waals surface area contributed by atoms with Crippen molar-refractivity contribution in [3.63, 3.8) is 0 Å². The molecular weight excluding hydrogens is 318 g/mol. The Balaban J connectivity index is 1.85. The van der Waals surface area contributed by atoms with E-state index in [-0.39, 0.29) is 6.04 Å². The van der Waals surface area contributed by atoms with Gasteiger partial charge in [0.25, 0.3) is 0 Å². The smallest absolute Gasteiger partial charge is 0.131 e. The summed E-state index contributed by atoms with van der Waals surface area (Å²) in [6.45, 7) is 2.12. The number of nitrogens with zero attached hydrogens (tertiary/aromatic N) is 3. The molecule has 2 aromatic carbocycles. The van der Waals surface area contributed by atoms with Crippen LogP contribution in [0.4, 0.5) is 0 Å². The Morgan fingerprint density at radius 2 is 1.58 bits per heavy atom. The van der Waals surface area contributed by atoms with E-state index in [2.05, 4.69) is 31.2 Å². The van der Waals surface area contributed by atoms with Crippen LogP contribution < -0.4 is 4.74 Å². The zero-order valence-electron chi connectivity index (χ0n) is 13.5. The standard InChI is InChI=1S/C19H17N3OS/c1-13-7-12-18(24-13)19(14-8-10-15(23-2)11-9-14)22-20-16-5-3-4-6-17(16)21-22/h3-12,19H,1-2H3. The lowest BCUT2D eigenvalue weighted by molar-refractivity contribution is 0.414. The van der Waals surface area contributed by atoms with Gasteiger partial charge in [0.05, 0.1) is 7.11 Å². The SMILES string of the molecule is COc1ccc(C(c2ccc(C)s2)n2nc3ccccc3n2)cc1. The second-order valence-corrected chi connectivity index (χ2v) is 6.95. The van der Waals surface area contributed by atoms with Crippen molar-refractivity contribution in [2.45, 2.75) is 13.0 Å². The Bertz CT molecular complexity index is 939. The summed E-state index contributed by atoms with van der Waals surface area (Å²) in [5.41, 5.74) is 2.95. The Morgan fingerprint density at radius 3 is 2.12 bits per heavy atom. The van der Waals surface area contributed by atoms with Gasteiger partial charge in [-0.3, -0.25) is 0 Å². The molecule has 2 heterocycles. The second kappa shape index (κ2) is 6.09. The summed E-state index contributed by atoms with van der Waals surface area (Å²) in [5, 5.41) is 9.40. The number of methoxy groups -OCH3 is 1. The topological polar surface area (TPSA) is 39.9 Å². The van der Waals surface area contributed by atoms with E-state index >= 15 is 0 Å². The molecule has 0 saturated heterocycles. The van der Waals surface area contributed by atoms with Crippen molar-refractivity contribution in [1.82, 2.24) is 15.0 Å². The molecule has 4 nitrogen and oxygen atoms in total. The van der Waals surface area contributed by atoms with Gasteiger partial charge in [-0.2, -0.15) is 15.0 Å². The highest BCUT2D eigenvalue weighted by Gasteiger charge is 2.21. The van der Waals surface area contributed by atoms with Crippen LogP contribution >= 0.6 is 11.3 Å². The number of fused-ring (bicyclic) bond motifs is 1. The monoisotopic (exact) mass is 335 g/mol. The first kappa shape index (κ1) is 14.9. The van der Waals surface area contributed by atoms with E-state index in [0.29, 0.717) is 0 Å². The van der Waals surface area contributed by atoms with Crippen molar-refractivity contribution >= 4 is 22.4 Å². The summed E-state index contributed by atoms with van der Waals surface area (Å²) >= 11 is 1.77. The largest absolute Gasteiger partial charge is 0.497 e. The number of thiophene rings is 1. The van der Waals surface area contributed by atoms with Crippen LogP contribution in [0.3, 0.4) is 0 Å². The minimum atomic E-state index is -0.0398. The molecule has 0 N–H and O–H groups in total. The second-order valence-electron chi connectivity index (χ2n) is 5.63. The molecule has 0 amide bonds. The molecule has 5 heteroatoms. The van der Waals surface area contributed by atoms with Gasteiger partial charge in [-0.1, -0.05) is 24.3 Å². The third-order valence-electron chi connectivity index (χ3n) is 4.00. The van der Waals surface area contributed by atoms with E-state index in [0.717, 1.165) is 22.3 Å². The van der Waals surface area contributed by atoms with E-state index in [9.17, 15) is 0 Å². The highest BCUT2D eigenvalue weighted by Crippen LogP contribution is 2.32. The molecular formula is C19H17N3OS. The third kappa shape index (κ3) is 2.67. The number of hydrogen-bond acceptors (Lipinski definition) is 4. The molecule has 4 rings (SSSR count). The van der Waals surface area contributed by atoms with Crippen LogP contribution in [0.1, 0.15) is 21.4 Å². The van der Waals surface area contributed by atoms with Crippen molar-refractivity contribution < 1.29 is 4.74 Å². The van der Waals surface area contributed by atoms with Gasteiger partial charge < -0.3 is 4.74 Å². The Labute approximate surface area is 144 Å². The van der Waals surface area contributed by atoms with Gasteiger partial charge in [0, 0.05) is 9.75 Å². The van der Waals surface area contributed by atoms with Gasteiger partial charge in [-0.15, -0.1) is 11.3 Å². The average molecular weight is 335 g/mol. The van der Waals surface area contributed by atoms with Crippen molar-refractivity contribution in [2.75, 3.05) is 7.11 Å². The van der Waals surface area contributed by atoms with E-state index in [1.165, 1.54) is 9.75 Å².